The van der Waals surface area contributed by atoms with Crippen LogP contribution in [0.2, 0.25) is 21.0 Å². The third-order valence-corrected chi connectivity index (χ3v) is 15.9. The molecule has 1 nitrogen and oxygen atoms in total. The van der Waals surface area contributed by atoms with Crippen LogP contribution in [0.1, 0.15) is 33.6 Å². The first-order valence-electron chi connectivity index (χ1n) is 5.28. The Morgan fingerprint density at radius 1 is 1.15 bits per heavy atom. The topological polar surface area (TPSA) is 17.1 Å². The summed E-state index contributed by atoms with van der Waals surface area (Å²) in [4.78, 5) is 10.6. The molecular formula is C10H21ClGeO. The molecule has 0 amide bonds. The van der Waals surface area contributed by atoms with Gasteiger partial charge in [0.15, 0.2) is 0 Å². The SMILES string of the molecule is C[CH2][Ge]([CH2]C)([CH2]C)[CH2]CCC(=O)Cl. The molecule has 78 valence electrons. The van der Waals surface area contributed by atoms with Crippen molar-refractivity contribution in [1.29, 1.82) is 0 Å². The van der Waals surface area contributed by atoms with Gasteiger partial charge in [0, 0.05) is 0 Å². The van der Waals surface area contributed by atoms with Gasteiger partial charge in [-0.05, 0) is 0 Å². The van der Waals surface area contributed by atoms with Crippen molar-refractivity contribution in [1.82, 2.24) is 0 Å². The van der Waals surface area contributed by atoms with Crippen molar-refractivity contribution < 1.29 is 4.79 Å². The molecule has 0 atom stereocenters. The van der Waals surface area contributed by atoms with Gasteiger partial charge in [0.2, 0.25) is 0 Å². The number of rotatable bonds is 7. The molecule has 0 aromatic heterocycles. The molecule has 0 saturated heterocycles. The predicted octanol–water partition coefficient (Wildman–Crippen LogP) is 4.04. The zero-order valence-corrected chi connectivity index (χ0v) is 11.9. The molecule has 0 fully saturated rings. The average Bonchev–Trinajstić information content (AvgIpc) is 2.13. The Bertz CT molecular complexity index is 147. The van der Waals surface area contributed by atoms with Crippen LogP contribution in [0.5, 0.6) is 0 Å². The van der Waals surface area contributed by atoms with Gasteiger partial charge in [0.05, 0.1) is 0 Å². The van der Waals surface area contributed by atoms with Crippen LogP contribution in [0, 0.1) is 0 Å². The van der Waals surface area contributed by atoms with Gasteiger partial charge in [-0.3, -0.25) is 0 Å². The van der Waals surface area contributed by atoms with Crippen LogP contribution in [0.4, 0.5) is 0 Å². The molecule has 0 aliphatic carbocycles. The predicted molar refractivity (Wildman–Crippen MR) is 62.1 cm³/mol. The van der Waals surface area contributed by atoms with Gasteiger partial charge in [-0.25, -0.2) is 0 Å². The molecule has 0 bridgehead atoms. The summed E-state index contributed by atoms with van der Waals surface area (Å²) in [5.74, 6) is 0. The molecule has 0 spiro atoms. The molecule has 0 unspecified atom stereocenters. The average molecular weight is 265 g/mol. The quantitative estimate of drug-likeness (QED) is 0.501. The maximum absolute atomic E-state index is 10.6. The minimum absolute atomic E-state index is 0.167. The first kappa shape index (κ1) is 13.5. The summed E-state index contributed by atoms with van der Waals surface area (Å²) in [7, 11) is 0. The van der Waals surface area contributed by atoms with Crippen molar-refractivity contribution in [2.75, 3.05) is 0 Å². The van der Waals surface area contributed by atoms with Gasteiger partial charge < -0.3 is 0 Å². The standard InChI is InChI=1S/C10H21ClGeO/c1-4-12(5-2,6-3)9-7-8-10(11)13/h4-9H2,1-3H3. The third kappa shape index (κ3) is 5.06. The van der Waals surface area contributed by atoms with Crippen LogP contribution < -0.4 is 0 Å². The fraction of sp³-hybridized carbons (Fsp3) is 0.900. The van der Waals surface area contributed by atoms with E-state index in [4.69, 9.17) is 11.6 Å². The zero-order valence-electron chi connectivity index (χ0n) is 9.03. The zero-order chi connectivity index (χ0) is 10.3. The van der Waals surface area contributed by atoms with Crippen LogP contribution >= 0.6 is 11.6 Å². The van der Waals surface area contributed by atoms with Gasteiger partial charge in [0.25, 0.3) is 0 Å². The van der Waals surface area contributed by atoms with Gasteiger partial charge in [0.1, 0.15) is 0 Å². The van der Waals surface area contributed by atoms with Crippen LogP contribution in [0.25, 0.3) is 0 Å². The van der Waals surface area contributed by atoms with Crippen LogP contribution in [-0.4, -0.2) is 18.5 Å². The Labute approximate surface area is 89.6 Å². The van der Waals surface area contributed by atoms with E-state index in [9.17, 15) is 4.79 Å². The van der Waals surface area contributed by atoms with Crippen molar-refractivity contribution in [3.8, 4) is 0 Å². The minimum atomic E-state index is -1.50. The van der Waals surface area contributed by atoms with E-state index in [0.717, 1.165) is 6.42 Å². The van der Waals surface area contributed by atoms with Gasteiger partial charge in [-0.2, -0.15) is 0 Å². The summed E-state index contributed by atoms with van der Waals surface area (Å²) in [5, 5.41) is 5.33. The van der Waals surface area contributed by atoms with E-state index < -0.39 is 13.3 Å². The molecule has 0 aromatic carbocycles. The molecule has 13 heavy (non-hydrogen) atoms. The number of hydrogen-bond donors (Lipinski definition) is 0. The Morgan fingerprint density at radius 2 is 1.62 bits per heavy atom. The van der Waals surface area contributed by atoms with Crippen LogP contribution in [-0.2, 0) is 4.79 Å². The van der Waals surface area contributed by atoms with Crippen LogP contribution in [0.15, 0.2) is 0 Å². The van der Waals surface area contributed by atoms with E-state index in [1.54, 1.807) is 0 Å². The summed E-state index contributed by atoms with van der Waals surface area (Å²) in [6.07, 6.45) is 1.60. The summed E-state index contributed by atoms with van der Waals surface area (Å²) < 4.78 is 0. The van der Waals surface area contributed by atoms with E-state index in [2.05, 4.69) is 20.8 Å². The summed E-state index contributed by atoms with van der Waals surface area (Å²) in [6.45, 7) is 6.94. The van der Waals surface area contributed by atoms with E-state index in [1.165, 1.54) is 21.0 Å². The van der Waals surface area contributed by atoms with Gasteiger partial charge in [-0.15, -0.1) is 0 Å². The Hall–Kier alpha value is 0.503. The Morgan fingerprint density at radius 3 is 1.92 bits per heavy atom. The molecule has 0 saturated carbocycles. The van der Waals surface area contributed by atoms with Crippen LogP contribution in [0.3, 0.4) is 0 Å². The molecule has 0 rings (SSSR count). The molecule has 0 aliphatic heterocycles. The first-order chi connectivity index (χ1) is 6.10. The molecular weight excluding hydrogens is 244 g/mol. The Kier molecular flexibility index (Phi) is 7.15. The van der Waals surface area contributed by atoms with Crippen molar-refractivity contribution in [3.63, 3.8) is 0 Å². The van der Waals surface area contributed by atoms with Crippen molar-refractivity contribution in [2.45, 2.75) is 54.6 Å². The molecule has 0 radical (unpaired) electrons. The number of carbonyl (C=O) groups is 1. The molecule has 0 heterocycles. The number of carbonyl (C=O) groups excluding carboxylic acids is 1. The molecule has 0 aromatic rings. The normalized spacial score (nSPS) is 11.7. The van der Waals surface area contributed by atoms with E-state index in [1.807, 2.05) is 0 Å². The summed E-state index contributed by atoms with van der Waals surface area (Å²) in [5.41, 5.74) is 0. The number of hydrogen-bond acceptors (Lipinski definition) is 1. The summed E-state index contributed by atoms with van der Waals surface area (Å²) >= 11 is 3.82. The second kappa shape index (κ2) is 6.88. The van der Waals surface area contributed by atoms with E-state index >= 15 is 0 Å². The van der Waals surface area contributed by atoms with Gasteiger partial charge in [-0.1, -0.05) is 0 Å². The van der Waals surface area contributed by atoms with E-state index in [-0.39, 0.29) is 5.24 Å². The monoisotopic (exact) mass is 266 g/mol. The number of halogens is 1. The molecule has 0 N–H and O–H groups in total. The fourth-order valence-corrected chi connectivity index (χ4v) is 9.33. The van der Waals surface area contributed by atoms with Crippen molar-refractivity contribution in [3.05, 3.63) is 0 Å². The first-order valence-corrected chi connectivity index (χ1v) is 11.6. The van der Waals surface area contributed by atoms with Gasteiger partial charge >= 0.3 is 89.5 Å². The van der Waals surface area contributed by atoms with E-state index in [0.29, 0.717) is 6.42 Å². The fourth-order valence-electron chi connectivity index (χ4n) is 1.88. The second-order valence-electron chi connectivity index (χ2n) is 3.77. The molecule has 3 heteroatoms. The van der Waals surface area contributed by atoms with Crippen molar-refractivity contribution in [2.24, 2.45) is 0 Å². The maximum atomic E-state index is 10.6. The third-order valence-electron chi connectivity index (χ3n) is 3.33. The second-order valence-corrected chi connectivity index (χ2v) is 16.0. The summed E-state index contributed by atoms with van der Waals surface area (Å²) in [6, 6.07) is 0. The molecule has 0 aliphatic rings. The Balaban J connectivity index is 3.88. The van der Waals surface area contributed by atoms with Crippen molar-refractivity contribution >= 4 is 30.1 Å².